The summed E-state index contributed by atoms with van der Waals surface area (Å²) in [6, 6.07) is 0.781. The van der Waals surface area contributed by atoms with Gasteiger partial charge in [-0.15, -0.1) is 23.2 Å². The maximum Gasteiger partial charge on any atom is 0.0351 e. The summed E-state index contributed by atoms with van der Waals surface area (Å²) in [6.07, 6.45) is 11.3. The van der Waals surface area contributed by atoms with Gasteiger partial charge in [-0.2, -0.15) is 0 Å². The van der Waals surface area contributed by atoms with E-state index >= 15 is 0 Å². The Labute approximate surface area is 171 Å². The molecule has 4 aliphatic rings. The third kappa shape index (κ3) is 3.06. The van der Waals surface area contributed by atoms with Gasteiger partial charge in [-0.1, -0.05) is 6.92 Å². The Bertz CT molecular complexity index is 497. The molecule has 2 saturated carbocycles. The van der Waals surface area contributed by atoms with E-state index in [2.05, 4.69) is 23.6 Å². The number of hydrogen-bond donors (Lipinski definition) is 0. The lowest BCUT2D eigenvalue weighted by molar-refractivity contribution is -0.148. The standard InChI is InChI=1S/C22H38Cl2N2/c1-21-9-4-13-25(15-11-23)20(21)7-6-17-18(21)8-10-22(2)19(17)5-3-14-26(22)16-12-24/h17-20H,3-16H2,1-2H3. The molecule has 0 bridgehead atoms. The molecule has 26 heavy (non-hydrogen) atoms. The van der Waals surface area contributed by atoms with Gasteiger partial charge in [-0.25, -0.2) is 0 Å². The third-order valence-electron chi connectivity index (χ3n) is 9.17. The zero-order chi connectivity index (χ0) is 18.4. The van der Waals surface area contributed by atoms with Crippen LogP contribution in [0.3, 0.4) is 0 Å². The quantitative estimate of drug-likeness (QED) is 0.596. The fraction of sp³-hybridized carbons (Fsp3) is 1.00. The molecule has 4 rings (SSSR count). The van der Waals surface area contributed by atoms with Crippen molar-refractivity contribution in [2.75, 3.05) is 37.9 Å². The van der Waals surface area contributed by atoms with Gasteiger partial charge < -0.3 is 0 Å². The van der Waals surface area contributed by atoms with Crippen molar-refractivity contribution in [2.45, 2.75) is 76.8 Å². The smallest absolute Gasteiger partial charge is 0.0351 e. The lowest BCUT2D eigenvalue weighted by Crippen LogP contribution is -2.66. The van der Waals surface area contributed by atoms with Crippen molar-refractivity contribution < 1.29 is 0 Å². The molecular formula is C22H38Cl2N2. The lowest BCUT2D eigenvalue weighted by Gasteiger charge is -2.65. The van der Waals surface area contributed by atoms with Gasteiger partial charge in [0.2, 0.25) is 0 Å². The zero-order valence-corrected chi connectivity index (χ0v) is 18.4. The van der Waals surface area contributed by atoms with E-state index in [0.29, 0.717) is 11.0 Å². The second kappa shape index (κ2) is 7.73. The molecule has 2 nitrogen and oxygen atoms in total. The van der Waals surface area contributed by atoms with Gasteiger partial charge in [-0.05, 0) is 94.5 Å². The molecule has 2 aliphatic carbocycles. The van der Waals surface area contributed by atoms with Crippen LogP contribution in [0.2, 0.25) is 0 Å². The Morgan fingerprint density at radius 3 is 2.42 bits per heavy atom. The fourth-order valence-corrected chi connectivity index (χ4v) is 8.45. The van der Waals surface area contributed by atoms with Crippen LogP contribution in [0.5, 0.6) is 0 Å². The minimum Gasteiger partial charge on any atom is -0.299 e. The van der Waals surface area contributed by atoms with Crippen molar-refractivity contribution in [3.63, 3.8) is 0 Å². The van der Waals surface area contributed by atoms with Crippen LogP contribution < -0.4 is 0 Å². The first-order chi connectivity index (χ1) is 12.5. The van der Waals surface area contributed by atoms with Crippen LogP contribution in [0.25, 0.3) is 0 Å². The molecule has 0 aromatic heterocycles. The molecule has 6 atom stereocenters. The van der Waals surface area contributed by atoms with E-state index in [4.69, 9.17) is 23.2 Å². The van der Waals surface area contributed by atoms with Crippen LogP contribution in [0.1, 0.15) is 65.2 Å². The molecule has 4 fully saturated rings. The van der Waals surface area contributed by atoms with E-state index in [9.17, 15) is 0 Å². The summed E-state index contributed by atoms with van der Waals surface area (Å²) in [4.78, 5) is 5.51. The van der Waals surface area contributed by atoms with Gasteiger partial charge in [0.1, 0.15) is 0 Å². The summed E-state index contributed by atoms with van der Waals surface area (Å²) in [7, 11) is 0. The highest BCUT2D eigenvalue weighted by Crippen LogP contribution is 2.61. The molecule has 2 saturated heterocycles. The predicted octanol–water partition coefficient (Wildman–Crippen LogP) is 5.23. The molecule has 0 N–H and O–H groups in total. The van der Waals surface area contributed by atoms with Gasteiger partial charge in [0, 0.05) is 36.4 Å². The van der Waals surface area contributed by atoms with E-state index in [1.54, 1.807) is 0 Å². The van der Waals surface area contributed by atoms with E-state index < -0.39 is 0 Å². The van der Waals surface area contributed by atoms with Gasteiger partial charge in [0.15, 0.2) is 0 Å². The molecule has 0 amide bonds. The normalized spacial score (nSPS) is 47.1. The van der Waals surface area contributed by atoms with Crippen LogP contribution in [0.4, 0.5) is 0 Å². The number of nitrogens with zero attached hydrogens (tertiary/aromatic N) is 2. The summed E-state index contributed by atoms with van der Waals surface area (Å²) in [5.74, 6) is 4.31. The first-order valence-corrected chi connectivity index (χ1v) is 12.2. The topological polar surface area (TPSA) is 6.48 Å². The van der Waals surface area contributed by atoms with Crippen LogP contribution in [0.15, 0.2) is 0 Å². The minimum atomic E-state index is 0.405. The number of halogens is 2. The Hall–Kier alpha value is 0.500. The molecule has 6 unspecified atom stereocenters. The predicted molar refractivity (Wildman–Crippen MR) is 112 cm³/mol. The van der Waals surface area contributed by atoms with E-state index in [1.807, 2.05) is 0 Å². The van der Waals surface area contributed by atoms with Crippen molar-refractivity contribution >= 4 is 23.2 Å². The molecule has 150 valence electrons. The van der Waals surface area contributed by atoms with Gasteiger partial charge >= 0.3 is 0 Å². The number of fused-ring (bicyclic) bond motifs is 5. The first kappa shape index (κ1) is 19.8. The van der Waals surface area contributed by atoms with Crippen LogP contribution in [0, 0.1) is 23.2 Å². The van der Waals surface area contributed by atoms with Crippen LogP contribution in [-0.2, 0) is 0 Å². The number of alkyl halides is 2. The summed E-state index contributed by atoms with van der Waals surface area (Å²) in [5, 5.41) is 0. The first-order valence-electron chi connectivity index (χ1n) is 11.2. The Kier molecular flexibility index (Phi) is 5.89. The molecule has 0 aromatic carbocycles. The number of likely N-dealkylation sites (tertiary alicyclic amines) is 2. The molecule has 2 aliphatic heterocycles. The van der Waals surface area contributed by atoms with Crippen molar-refractivity contribution in [3.8, 4) is 0 Å². The average molecular weight is 401 g/mol. The number of hydrogen-bond acceptors (Lipinski definition) is 2. The third-order valence-corrected chi connectivity index (χ3v) is 9.51. The Morgan fingerprint density at radius 2 is 1.65 bits per heavy atom. The Balaban J connectivity index is 1.58. The van der Waals surface area contributed by atoms with Crippen molar-refractivity contribution in [1.82, 2.24) is 9.80 Å². The summed E-state index contributed by atoms with van der Waals surface area (Å²) < 4.78 is 0. The van der Waals surface area contributed by atoms with Crippen molar-refractivity contribution in [3.05, 3.63) is 0 Å². The van der Waals surface area contributed by atoms with Crippen LogP contribution in [-0.4, -0.2) is 59.3 Å². The summed E-state index contributed by atoms with van der Waals surface area (Å²) in [6.45, 7) is 9.93. The summed E-state index contributed by atoms with van der Waals surface area (Å²) >= 11 is 12.3. The van der Waals surface area contributed by atoms with Gasteiger partial charge in [0.25, 0.3) is 0 Å². The maximum atomic E-state index is 6.17. The summed E-state index contributed by atoms with van der Waals surface area (Å²) in [5.41, 5.74) is 0.922. The van der Waals surface area contributed by atoms with Crippen LogP contribution >= 0.6 is 23.2 Å². The minimum absolute atomic E-state index is 0.405. The zero-order valence-electron chi connectivity index (χ0n) is 16.9. The number of rotatable bonds is 4. The highest BCUT2D eigenvalue weighted by molar-refractivity contribution is 6.18. The van der Waals surface area contributed by atoms with E-state index in [0.717, 1.165) is 48.6 Å². The lowest BCUT2D eigenvalue weighted by atomic mass is 9.47. The molecule has 0 aromatic rings. The average Bonchev–Trinajstić information content (AvgIpc) is 2.62. The number of piperidine rings is 2. The monoisotopic (exact) mass is 400 g/mol. The fourth-order valence-electron chi connectivity index (χ4n) is 8.03. The van der Waals surface area contributed by atoms with Crippen molar-refractivity contribution in [2.24, 2.45) is 23.2 Å². The highest BCUT2D eigenvalue weighted by Gasteiger charge is 2.59. The Morgan fingerprint density at radius 1 is 0.846 bits per heavy atom. The van der Waals surface area contributed by atoms with Gasteiger partial charge in [0.05, 0.1) is 0 Å². The van der Waals surface area contributed by atoms with E-state index in [-0.39, 0.29) is 0 Å². The molecule has 0 radical (unpaired) electrons. The molecule has 4 heteroatoms. The van der Waals surface area contributed by atoms with Gasteiger partial charge in [-0.3, -0.25) is 9.80 Å². The molecular weight excluding hydrogens is 363 g/mol. The van der Waals surface area contributed by atoms with Crippen molar-refractivity contribution in [1.29, 1.82) is 0 Å². The van der Waals surface area contributed by atoms with E-state index in [1.165, 1.54) is 64.5 Å². The molecule has 2 heterocycles. The SMILES string of the molecule is CC12CCCN(CCCl)C1CCC1C2CCC2(C)C1CCCN2CCCl. The second-order valence-electron chi connectivity index (χ2n) is 10.0. The highest BCUT2D eigenvalue weighted by atomic mass is 35.5. The molecule has 0 spiro atoms. The second-order valence-corrected chi connectivity index (χ2v) is 10.8. The largest absolute Gasteiger partial charge is 0.299 e. The maximum absolute atomic E-state index is 6.17.